The molecule has 0 unspecified atom stereocenters. The summed E-state index contributed by atoms with van der Waals surface area (Å²) >= 11 is 0. The summed E-state index contributed by atoms with van der Waals surface area (Å²) in [5.74, 6) is -0.173. The molecule has 4 nitrogen and oxygen atoms in total. The van der Waals surface area contributed by atoms with Gasteiger partial charge in [-0.05, 0) is 42.7 Å². The van der Waals surface area contributed by atoms with Crippen molar-refractivity contribution in [2.45, 2.75) is 26.4 Å². The first-order valence-electron chi connectivity index (χ1n) is 8.01. The van der Waals surface area contributed by atoms with E-state index in [1.807, 2.05) is 48.7 Å². The van der Waals surface area contributed by atoms with Gasteiger partial charge in [-0.1, -0.05) is 42.0 Å². The third-order valence-corrected chi connectivity index (χ3v) is 3.81. The van der Waals surface area contributed by atoms with Crippen molar-refractivity contribution in [2.24, 2.45) is 0 Å². The molecule has 1 aromatic heterocycles. The van der Waals surface area contributed by atoms with Gasteiger partial charge in [0.25, 0.3) is 0 Å². The lowest BCUT2D eigenvalue weighted by Crippen LogP contribution is -2.06. The van der Waals surface area contributed by atoms with Crippen LogP contribution in [0.1, 0.15) is 23.1 Å². The molecule has 0 fully saturated rings. The number of hydrogen-bond donors (Lipinski definition) is 0. The van der Waals surface area contributed by atoms with Crippen molar-refractivity contribution >= 4 is 5.97 Å². The fourth-order valence-electron chi connectivity index (χ4n) is 2.52. The second kappa shape index (κ2) is 7.59. The van der Waals surface area contributed by atoms with Crippen molar-refractivity contribution in [3.8, 4) is 5.69 Å². The van der Waals surface area contributed by atoms with E-state index in [4.69, 9.17) is 4.74 Å². The Labute approximate surface area is 141 Å². The second-order valence-corrected chi connectivity index (χ2v) is 5.77. The lowest BCUT2D eigenvalue weighted by molar-refractivity contribution is -0.144. The third-order valence-electron chi connectivity index (χ3n) is 3.81. The van der Waals surface area contributed by atoms with Crippen LogP contribution in [0.3, 0.4) is 0 Å². The monoisotopic (exact) mass is 320 g/mol. The molecule has 1 heterocycles. The van der Waals surface area contributed by atoms with Crippen molar-refractivity contribution in [1.29, 1.82) is 0 Å². The molecule has 0 aliphatic rings. The van der Waals surface area contributed by atoms with Gasteiger partial charge in [-0.15, -0.1) is 0 Å². The van der Waals surface area contributed by atoms with Crippen molar-refractivity contribution in [1.82, 2.24) is 9.78 Å². The summed E-state index contributed by atoms with van der Waals surface area (Å²) in [6.07, 6.45) is 4.73. The Morgan fingerprint density at radius 1 is 1.08 bits per heavy atom. The van der Waals surface area contributed by atoms with E-state index in [-0.39, 0.29) is 5.97 Å². The van der Waals surface area contributed by atoms with Crippen molar-refractivity contribution in [2.75, 3.05) is 0 Å². The predicted molar refractivity (Wildman–Crippen MR) is 92.9 cm³/mol. The highest BCUT2D eigenvalue weighted by Crippen LogP contribution is 2.11. The van der Waals surface area contributed by atoms with E-state index in [0.717, 1.165) is 16.8 Å². The number of aromatic nitrogens is 2. The summed E-state index contributed by atoms with van der Waals surface area (Å²) in [7, 11) is 0. The van der Waals surface area contributed by atoms with Crippen LogP contribution in [0, 0.1) is 6.92 Å². The van der Waals surface area contributed by atoms with Gasteiger partial charge in [0, 0.05) is 18.8 Å². The standard InChI is InChI=1S/C20H20N2O2/c1-16-4-2-5-17(14-16)8-11-20(23)24-15-18-6-9-19(10-7-18)22-13-3-12-21-22/h2-7,9-10,12-14H,8,11,15H2,1H3. The largest absolute Gasteiger partial charge is 0.461 e. The Bertz CT molecular complexity index is 793. The summed E-state index contributed by atoms with van der Waals surface area (Å²) in [4.78, 5) is 11.9. The molecule has 4 heteroatoms. The summed E-state index contributed by atoms with van der Waals surface area (Å²) < 4.78 is 7.14. The molecule has 24 heavy (non-hydrogen) atoms. The van der Waals surface area contributed by atoms with Gasteiger partial charge in [0.2, 0.25) is 0 Å². The number of aryl methyl sites for hydroxylation is 2. The maximum Gasteiger partial charge on any atom is 0.306 e. The summed E-state index contributed by atoms with van der Waals surface area (Å²) in [6, 6.07) is 17.9. The molecule has 0 saturated heterocycles. The van der Waals surface area contributed by atoms with Crippen LogP contribution < -0.4 is 0 Å². The first-order chi connectivity index (χ1) is 11.7. The van der Waals surface area contributed by atoms with E-state index in [0.29, 0.717) is 19.4 Å². The Kier molecular flexibility index (Phi) is 5.06. The summed E-state index contributed by atoms with van der Waals surface area (Å²) in [6.45, 7) is 2.35. The van der Waals surface area contributed by atoms with E-state index < -0.39 is 0 Å². The minimum Gasteiger partial charge on any atom is -0.461 e. The highest BCUT2D eigenvalue weighted by molar-refractivity contribution is 5.69. The van der Waals surface area contributed by atoms with E-state index in [9.17, 15) is 4.79 Å². The number of carbonyl (C=O) groups excluding carboxylic acids is 1. The fraction of sp³-hybridized carbons (Fsp3) is 0.200. The molecule has 0 N–H and O–H groups in total. The Morgan fingerprint density at radius 3 is 2.62 bits per heavy atom. The molecule has 0 saturated carbocycles. The lowest BCUT2D eigenvalue weighted by atomic mass is 10.1. The smallest absolute Gasteiger partial charge is 0.306 e. The molecule has 3 aromatic rings. The molecule has 2 aromatic carbocycles. The van der Waals surface area contributed by atoms with Crippen LogP contribution in [0.15, 0.2) is 67.0 Å². The van der Waals surface area contributed by atoms with Crippen LogP contribution in [0.4, 0.5) is 0 Å². The number of rotatable bonds is 6. The number of hydrogen-bond acceptors (Lipinski definition) is 3. The zero-order valence-corrected chi connectivity index (χ0v) is 13.7. The van der Waals surface area contributed by atoms with Crippen LogP contribution in [0.5, 0.6) is 0 Å². The number of esters is 1. The molecule has 0 spiro atoms. The first kappa shape index (κ1) is 16.0. The van der Waals surface area contributed by atoms with E-state index >= 15 is 0 Å². The van der Waals surface area contributed by atoms with Gasteiger partial charge >= 0.3 is 5.97 Å². The average Bonchev–Trinajstić information content (AvgIpc) is 3.13. The molecular weight excluding hydrogens is 300 g/mol. The van der Waals surface area contributed by atoms with Gasteiger partial charge in [-0.25, -0.2) is 4.68 Å². The van der Waals surface area contributed by atoms with E-state index in [1.54, 1.807) is 10.9 Å². The van der Waals surface area contributed by atoms with Crippen LogP contribution in [-0.4, -0.2) is 15.7 Å². The van der Waals surface area contributed by atoms with Gasteiger partial charge in [0.15, 0.2) is 0 Å². The third kappa shape index (κ3) is 4.32. The van der Waals surface area contributed by atoms with Gasteiger partial charge in [-0.2, -0.15) is 5.10 Å². The molecular formula is C20H20N2O2. The fourth-order valence-corrected chi connectivity index (χ4v) is 2.52. The number of carbonyl (C=O) groups is 1. The number of nitrogens with zero attached hydrogens (tertiary/aromatic N) is 2. The molecule has 122 valence electrons. The zero-order valence-electron chi connectivity index (χ0n) is 13.7. The van der Waals surface area contributed by atoms with Gasteiger partial charge in [0.1, 0.15) is 6.61 Å². The second-order valence-electron chi connectivity index (χ2n) is 5.77. The highest BCUT2D eigenvalue weighted by Gasteiger charge is 2.05. The summed E-state index contributed by atoms with van der Waals surface area (Å²) in [5, 5.41) is 4.18. The van der Waals surface area contributed by atoms with Crippen LogP contribution in [0.2, 0.25) is 0 Å². The maximum absolute atomic E-state index is 11.9. The van der Waals surface area contributed by atoms with Crippen molar-refractivity contribution < 1.29 is 9.53 Å². The minimum atomic E-state index is -0.173. The predicted octanol–water partition coefficient (Wildman–Crippen LogP) is 3.86. The molecule has 0 radical (unpaired) electrons. The molecule has 0 atom stereocenters. The highest BCUT2D eigenvalue weighted by atomic mass is 16.5. The number of ether oxygens (including phenoxy) is 1. The summed E-state index contributed by atoms with van der Waals surface area (Å²) in [5.41, 5.74) is 4.32. The first-order valence-corrected chi connectivity index (χ1v) is 8.01. The Morgan fingerprint density at radius 2 is 1.92 bits per heavy atom. The molecule has 0 amide bonds. The topological polar surface area (TPSA) is 44.1 Å². The van der Waals surface area contributed by atoms with Crippen molar-refractivity contribution in [3.63, 3.8) is 0 Å². The van der Waals surface area contributed by atoms with Crippen LogP contribution in [0.25, 0.3) is 5.69 Å². The zero-order chi connectivity index (χ0) is 16.8. The Hall–Kier alpha value is -2.88. The lowest BCUT2D eigenvalue weighted by Gasteiger charge is -2.07. The molecule has 3 rings (SSSR count). The quantitative estimate of drug-likeness (QED) is 0.648. The number of benzene rings is 2. The van der Waals surface area contributed by atoms with E-state index in [2.05, 4.69) is 24.2 Å². The molecule has 0 aliphatic carbocycles. The van der Waals surface area contributed by atoms with Crippen LogP contribution in [-0.2, 0) is 22.6 Å². The Balaban J connectivity index is 1.47. The SMILES string of the molecule is Cc1cccc(CCC(=O)OCc2ccc(-n3cccn3)cc2)c1. The normalized spacial score (nSPS) is 10.5. The van der Waals surface area contributed by atoms with E-state index in [1.165, 1.54) is 5.56 Å². The molecule has 0 aliphatic heterocycles. The van der Waals surface area contributed by atoms with Crippen molar-refractivity contribution in [3.05, 3.63) is 83.7 Å². The van der Waals surface area contributed by atoms with Gasteiger partial charge < -0.3 is 4.74 Å². The van der Waals surface area contributed by atoms with Gasteiger partial charge in [0.05, 0.1) is 5.69 Å². The van der Waals surface area contributed by atoms with Crippen LogP contribution >= 0.6 is 0 Å². The average molecular weight is 320 g/mol. The minimum absolute atomic E-state index is 0.173. The maximum atomic E-state index is 11.9. The molecule has 0 bridgehead atoms. The van der Waals surface area contributed by atoms with Gasteiger partial charge in [-0.3, -0.25) is 4.79 Å².